The van der Waals surface area contributed by atoms with Crippen LogP contribution in [0.4, 0.5) is 11.4 Å². The number of para-hydroxylation sites is 1. The van der Waals surface area contributed by atoms with Crippen molar-refractivity contribution in [2.75, 3.05) is 22.3 Å². The minimum Gasteiger partial charge on any atom is -0.497 e. The molecular formula is C21H19ClN2O3S. The lowest BCUT2D eigenvalue weighted by Gasteiger charge is -2.25. The number of benzene rings is 3. The Kier molecular flexibility index (Phi) is 4.91. The fraction of sp³-hybridized carbons (Fsp3) is 0.143. The third kappa shape index (κ3) is 3.30. The highest BCUT2D eigenvalue weighted by atomic mass is 35.5. The summed E-state index contributed by atoms with van der Waals surface area (Å²) in [6.45, 7) is 0.294. The molecule has 144 valence electrons. The molecule has 1 aliphatic rings. The van der Waals surface area contributed by atoms with Gasteiger partial charge in [-0.05, 0) is 54.1 Å². The van der Waals surface area contributed by atoms with Crippen molar-refractivity contribution in [1.82, 2.24) is 0 Å². The molecule has 1 fully saturated rings. The quantitative estimate of drug-likeness (QED) is 0.623. The second kappa shape index (κ2) is 7.37. The highest BCUT2D eigenvalue weighted by Crippen LogP contribution is 2.41. The Hall–Kier alpha value is -2.70. The molecule has 1 saturated heterocycles. The summed E-state index contributed by atoms with van der Waals surface area (Å²) < 4.78 is 35.2. The molecule has 0 amide bonds. The molecule has 1 heterocycles. The second-order valence-electron chi connectivity index (χ2n) is 6.44. The van der Waals surface area contributed by atoms with E-state index in [1.165, 1.54) is 8.61 Å². The second-order valence-corrected chi connectivity index (χ2v) is 8.61. The third-order valence-electron chi connectivity index (χ3n) is 4.75. The van der Waals surface area contributed by atoms with E-state index in [0.717, 1.165) is 5.56 Å². The molecule has 3 aromatic carbocycles. The molecule has 0 spiro atoms. The molecule has 0 aromatic heterocycles. The van der Waals surface area contributed by atoms with Gasteiger partial charge in [0.25, 0.3) is 0 Å². The van der Waals surface area contributed by atoms with E-state index in [1.807, 2.05) is 42.5 Å². The lowest BCUT2D eigenvalue weighted by Crippen LogP contribution is -2.33. The average Bonchev–Trinajstić information content (AvgIpc) is 3.00. The van der Waals surface area contributed by atoms with Crippen molar-refractivity contribution in [3.05, 3.63) is 89.4 Å². The van der Waals surface area contributed by atoms with E-state index in [4.69, 9.17) is 16.3 Å². The molecular weight excluding hydrogens is 396 g/mol. The summed E-state index contributed by atoms with van der Waals surface area (Å²) in [5.41, 5.74) is 2.05. The Labute approximate surface area is 169 Å². The summed E-state index contributed by atoms with van der Waals surface area (Å²) in [5.74, 6) is 0.684. The molecule has 7 heteroatoms. The molecule has 4 rings (SSSR count). The van der Waals surface area contributed by atoms with Crippen LogP contribution in [0.2, 0.25) is 5.02 Å². The number of hydrogen-bond acceptors (Lipinski definition) is 3. The van der Waals surface area contributed by atoms with Crippen molar-refractivity contribution in [3.63, 3.8) is 0 Å². The molecule has 0 saturated carbocycles. The number of ether oxygens (including phenoxy) is 1. The standard InChI is InChI=1S/C21H19ClN2O3S/c1-27-20-9-5-6-16(14-20)21-15-23(18-7-3-2-4-8-18)28(25,26)24(21)19-12-10-17(22)11-13-19/h2-14,21H,15H2,1H3. The van der Waals surface area contributed by atoms with E-state index in [2.05, 4.69) is 0 Å². The summed E-state index contributed by atoms with van der Waals surface area (Å²) in [7, 11) is -2.19. The maximum absolute atomic E-state index is 13.5. The van der Waals surface area contributed by atoms with E-state index in [0.29, 0.717) is 28.7 Å². The lowest BCUT2D eigenvalue weighted by atomic mass is 10.1. The SMILES string of the molecule is COc1cccc(C2CN(c3ccccc3)S(=O)(=O)N2c2ccc(Cl)cc2)c1. The molecule has 3 aromatic rings. The van der Waals surface area contributed by atoms with E-state index >= 15 is 0 Å². The van der Waals surface area contributed by atoms with Crippen molar-refractivity contribution in [3.8, 4) is 5.75 Å². The van der Waals surface area contributed by atoms with Gasteiger partial charge in [-0.2, -0.15) is 8.42 Å². The van der Waals surface area contributed by atoms with Gasteiger partial charge in [0.1, 0.15) is 5.75 Å². The molecule has 0 aliphatic carbocycles. The first-order valence-electron chi connectivity index (χ1n) is 8.77. The number of nitrogens with zero attached hydrogens (tertiary/aromatic N) is 2. The van der Waals surface area contributed by atoms with Gasteiger partial charge in [0.2, 0.25) is 0 Å². The van der Waals surface area contributed by atoms with E-state index in [-0.39, 0.29) is 0 Å². The van der Waals surface area contributed by atoms with E-state index in [9.17, 15) is 8.42 Å². The Balaban J connectivity index is 1.85. The summed E-state index contributed by atoms with van der Waals surface area (Å²) >= 11 is 6.01. The highest BCUT2D eigenvalue weighted by Gasteiger charge is 2.45. The lowest BCUT2D eigenvalue weighted by molar-refractivity contribution is 0.414. The normalized spacial score (nSPS) is 18.3. The van der Waals surface area contributed by atoms with Gasteiger partial charge in [-0.1, -0.05) is 41.9 Å². The maximum Gasteiger partial charge on any atom is 0.327 e. The molecule has 0 N–H and O–H groups in total. The van der Waals surface area contributed by atoms with Crippen LogP contribution in [0.15, 0.2) is 78.9 Å². The minimum atomic E-state index is -3.78. The maximum atomic E-state index is 13.5. The Morgan fingerprint density at radius 3 is 2.32 bits per heavy atom. The van der Waals surface area contributed by atoms with Gasteiger partial charge in [-0.15, -0.1) is 0 Å². The van der Waals surface area contributed by atoms with Gasteiger partial charge in [-0.3, -0.25) is 4.31 Å². The van der Waals surface area contributed by atoms with Crippen LogP contribution < -0.4 is 13.3 Å². The van der Waals surface area contributed by atoms with Gasteiger partial charge in [0, 0.05) is 5.02 Å². The van der Waals surface area contributed by atoms with Crippen LogP contribution >= 0.6 is 11.6 Å². The first kappa shape index (κ1) is 18.7. The van der Waals surface area contributed by atoms with E-state index in [1.54, 1.807) is 43.5 Å². The van der Waals surface area contributed by atoms with Crippen LogP contribution in [0.25, 0.3) is 0 Å². The van der Waals surface area contributed by atoms with Crippen LogP contribution in [-0.2, 0) is 10.2 Å². The molecule has 5 nitrogen and oxygen atoms in total. The predicted molar refractivity (Wildman–Crippen MR) is 112 cm³/mol. The number of hydrogen-bond donors (Lipinski definition) is 0. The molecule has 0 bridgehead atoms. The number of anilines is 2. The highest BCUT2D eigenvalue weighted by molar-refractivity contribution is 7.94. The predicted octanol–water partition coefficient (Wildman–Crippen LogP) is 4.66. The Morgan fingerprint density at radius 1 is 0.929 bits per heavy atom. The van der Waals surface area contributed by atoms with Crippen LogP contribution in [0.1, 0.15) is 11.6 Å². The smallest absolute Gasteiger partial charge is 0.327 e. The van der Waals surface area contributed by atoms with Gasteiger partial charge < -0.3 is 4.74 Å². The van der Waals surface area contributed by atoms with Crippen molar-refractivity contribution in [2.24, 2.45) is 0 Å². The van der Waals surface area contributed by atoms with E-state index < -0.39 is 16.3 Å². The topological polar surface area (TPSA) is 49.9 Å². The first-order valence-corrected chi connectivity index (χ1v) is 10.5. The number of rotatable bonds is 4. The monoisotopic (exact) mass is 414 g/mol. The zero-order valence-corrected chi connectivity index (χ0v) is 16.8. The largest absolute Gasteiger partial charge is 0.497 e. The summed E-state index contributed by atoms with van der Waals surface area (Å²) in [6.07, 6.45) is 0. The third-order valence-corrected chi connectivity index (χ3v) is 6.88. The number of methoxy groups -OCH3 is 1. The molecule has 1 aliphatic heterocycles. The van der Waals surface area contributed by atoms with Crippen LogP contribution in [0.5, 0.6) is 5.75 Å². The van der Waals surface area contributed by atoms with Crippen molar-refractivity contribution in [2.45, 2.75) is 6.04 Å². The summed E-state index contributed by atoms with van der Waals surface area (Å²) in [5, 5.41) is 0.554. The van der Waals surface area contributed by atoms with Gasteiger partial charge in [-0.25, -0.2) is 4.31 Å². The summed E-state index contributed by atoms with van der Waals surface area (Å²) in [6, 6.07) is 23.1. The average molecular weight is 415 g/mol. The molecule has 1 unspecified atom stereocenters. The van der Waals surface area contributed by atoms with Gasteiger partial charge >= 0.3 is 10.2 Å². The molecule has 0 radical (unpaired) electrons. The number of halogens is 1. The zero-order valence-electron chi connectivity index (χ0n) is 15.2. The zero-order chi connectivity index (χ0) is 19.7. The van der Waals surface area contributed by atoms with Crippen LogP contribution in [-0.4, -0.2) is 22.1 Å². The van der Waals surface area contributed by atoms with Crippen molar-refractivity contribution in [1.29, 1.82) is 0 Å². The van der Waals surface area contributed by atoms with Crippen molar-refractivity contribution < 1.29 is 13.2 Å². The van der Waals surface area contributed by atoms with Gasteiger partial charge in [0.15, 0.2) is 0 Å². The fourth-order valence-electron chi connectivity index (χ4n) is 3.42. The Morgan fingerprint density at radius 2 is 1.64 bits per heavy atom. The Bertz CT molecular complexity index is 1070. The minimum absolute atomic E-state index is 0.294. The first-order chi connectivity index (χ1) is 13.5. The van der Waals surface area contributed by atoms with Crippen LogP contribution in [0.3, 0.4) is 0 Å². The molecule has 1 atom stereocenters. The summed E-state index contributed by atoms with van der Waals surface area (Å²) in [4.78, 5) is 0. The molecule has 28 heavy (non-hydrogen) atoms. The fourth-order valence-corrected chi connectivity index (χ4v) is 5.37. The van der Waals surface area contributed by atoms with Crippen LogP contribution in [0, 0.1) is 0 Å². The van der Waals surface area contributed by atoms with Gasteiger partial charge in [0.05, 0.1) is 31.1 Å². The van der Waals surface area contributed by atoms with Crippen molar-refractivity contribution >= 4 is 33.2 Å².